The summed E-state index contributed by atoms with van der Waals surface area (Å²) in [6.45, 7) is 5.81. The summed E-state index contributed by atoms with van der Waals surface area (Å²) in [4.78, 5) is 14.6. The molecular formula is C22H22N2O4S2. The topological polar surface area (TPSA) is 76.0 Å². The molecule has 0 aromatic heterocycles. The number of benzene rings is 2. The summed E-state index contributed by atoms with van der Waals surface area (Å²) in [5.41, 5.74) is 1.80. The maximum absolute atomic E-state index is 12.9. The van der Waals surface area contributed by atoms with Crippen molar-refractivity contribution in [2.45, 2.75) is 18.2 Å². The molecule has 0 unspecified atom stereocenters. The smallest absolute Gasteiger partial charge is 0.284 e. The zero-order valence-corrected chi connectivity index (χ0v) is 18.4. The molecule has 30 heavy (non-hydrogen) atoms. The number of aryl methyl sites for hydroxylation is 1. The van der Waals surface area contributed by atoms with Crippen LogP contribution in [0.5, 0.6) is 5.75 Å². The number of rotatable bonds is 7. The van der Waals surface area contributed by atoms with Crippen molar-refractivity contribution in [3.05, 3.63) is 77.2 Å². The van der Waals surface area contributed by atoms with Gasteiger partial charge >= 0.3 is 0 Å². The van der Waals surface area contributed by atoms with Crippen LogP contribution in [0.15, 0.2) is 75.4 Å². The molecule has 2 aromatic rings. The number of amides is 1. The van der Waals surface area contributed by atoms with Crippen molar-refractivity contribution in [2.24, 2.45) is 4.40 Å². The normalized spacial score (nSPS) is 17.0. The Labute approximate surface area is 181 Å². The van der Waals surface area contributed by atoms with Gasteiger partial charge in [0.25, 0.3) is 15.9 Å². The molecule has 1 saturated heterocycles. The Morgan fingerprint density at radius 1 is 1.20 bits per heavy atom. The predicted octanol–water partition coefficient (Wildman–Crippen LogP) is 4.10. The largest absolute Gasteiger partial charge is 0.497 e. The summed E-state index contributed by atoms with van der Waals surface area (Å²) in [6, 6.07) is 13.8. The van der Waals surface area contributed by atoms with Crippen LogP contribution < -0.4 is 4.74 Å². The van der Waals surface area contributed by atoms with E-state index in [4.69, 9.17) is 4.74 Å². The van der Waals surface area contributed by atoms with E-state index in [0.717, 1.165) is 29.3 Å². The second-order valence-electron chi connectivity index (χ2n) is 6.44. The van der Waals surface area contributed by atoms with Gasteiger partial charge in [-0.05, 0) is 59.7 Å². The Balaban J connectivity index is 1.97. The van der Waals surface area contributed by atoms with Crippen LogP contribution in [0.25, 0.3) is 6.08 Å². The highest BCUT2D eigenvalue weighted by molar-refractivity contribution is 8.19. The summed E-state index contributed by atoms with van der Waals surface area (Å²) in [6.07, 6.45) is 4.03. The Morgan fingerprint density at radius 3 is 2.57 bits per heavy atom. The van der Waals surface area contributed by atoms with Crippen LogP contribution >= 0.6 is 11.8 Å². The van der Waals surface area contributed by atoms with Gasteiger partial charge in [-0.2, -0.15) is 8.42 Å². The lowest BCUT2D eigenvalue weighted by Gasteiger charge is -2.12. The highest BCUT2D eigenvalue weighted by Gasteiger charge is 2.34. The minimum Gasteiger partial charge on any atom is -0.497 e. The molecule has 2 aromatic carbocycles. The Hall–Kier alpha value is -2.84. The molecule has 1 amide bonds. The number of carbonyl (C=O) groups excluding carboxylic acids is 1. The van der Waals surface area contributed by atoms with Gasteiger partial charge in [0.1, 0.15) is 5.75 Å². The van der Waals surface area contributed by atoms with E-state index in [1.165, 1.54) is 23.1 Å². The average Bonchev–Trinajstić information content (AvgIpc) is 3.02. The van der Waals surface area contributed by atoms with E-state index >= 15 is 0 Å². The Kier molecular flexibility index (Phi) is 6.79. The first-order valence-corrected chi connectivity index (χ1v) is 11.5. The number of methoxy groups -OCH3 is 1. The third kappa shape index (κ3) is 4.83. The van der Waals surface area contributed by atoms with Gasteiger partial charge in [-0.25, -0.2) is 0 Å². The molecule has 6 nitrogen and oxygen atoms in total. The fraction of sp³-hybridized carbons (Fsp3) is 0.182. The second kappa shape index (κ2) is 9.32. The zero-order valence-electron chi connectivity index (χ0n) is 16.7. The van der Waals surface area contributed by atoms with E-state index in [0.29, 0.717) is 10.7 Å². The van der Waals surface area contributed by atoms with Crippen LogP contribution in [0, 0.1) is 0 Å². The molecule has 0 spiro atoms. The van der Waals surface area contributed by atoms with E-state index in [9.17, 15) is 13.2 Å². The highest BCUT2D eigenvalue weighted by Crippen LogP contribution is 2.34. The van der Waals surface area contributed by atoms with Crippen molar-refractivity contribution in [3.8, 4) is 5.75 Å². The maximum atomic E-state index is 12.9. The molecule has 1 heterocycles. The molecule has 3 rings (SSSR count). The molecule has 0 saturated carbocycles. The number of amidine groups is 1. The molecular weight excluding hydrogens is 420 g/mol. The lowest BCUT2D eigenvalue weighted by atomic mass is 10.2. The maximum Gasteiger partial charge on any atom is 0.284 e. The van der Waals surface area contributed by atoms with Crippen molar-refractivity contribution < 1.29 is 17.9 Å². The fourth-order valence-corrected chi connectivity index (χ4v) is 4.99. The van der Waals surface area contributed by atoms with Gasteiger partial charge in [0.05, 0.1) is 16.9 Å². The van der Waals surface area contributed by atoms with Gasteiger partial charge in [-0.15, -0.1) is 11.0 Å². The highest BCUT2D eigenvalue weighted by atomic mass is 32.2. The van der Waals surface area contributed by atoms with Crippen molar-refractivity contribution in [1.29, 1.82) is 0 Å². The van der Waals surface area contributed by atoms with Crippen LogP contribution in [-0.2, 0) is 21.2 Å². The molecule has 1 fully saturated rings. The molecule has 0 atom stereocenters. The van der Waals surface area contributed by atoms with Crippen LogP contribution in [-0.4, -0.2) is 38.0 Å². The van der Waals surface area contributed by atoms with Crippen molar-refractivity contribution >= 4 is 38.9 Å². The molecule has 0 radical (unpaired) electrons. The predicted molar refractivity (Wildman–Crippen MR) is 121 cm³/mol. The number of ether oxygens (including phenoxy) is 1. The summed E-state index contributed by atoms with van der Waals surface area (Å²) >= 11 is 1.02. The minimum absolute atomic E-state index is 0.0871. The molecule has 0 bridgehead atoms. The van der Waals surface area contributed by atoms with Gasteiger partial charge in [0, 0.05) is 6.54 Å². The van der Waals surface area contributed by atoms with E-state index in [1.807, 2.05) is 19.1 Å². The fourth-order valence-electron chi connectivity index (χ4n) is 2.80. The first-order chi connectivity index (χ1) is 14.4. The van der Waals surface area contributed by atoms with Crippen molar-refractivity contribution in [3.63, 3.8) is 0 Å². The van der Waals surface area contributed by atoms with Crippen LogP contribution in [0.4, 0.5) is 0 Å². The van der Waals surface area contributed by atoms with E-state index in [1.54, 1.807) is 37.5 Å². The first kappa shape index (κ1) is 21.9. The van der Waals surface area contributed by atoms with E-state index in [-0.39, 0.29) is 22.5 Å². The summed E-state index contributed by atoms with van der Waals surface area (Å²) < 4.78 is 34.7. The van der Waals surface area contributed by atoms with Gasteiger partial charge in [-0.1, -0.05) is 37.3 Å². The first-order valence-electron chi connectivity index (χ1n) is 9.28. The second-order valence-corrected chi connectivity index (χ2v) is 9.05. The van der Waals surface area contributed by atoms with Crippen LogP contribution in [0.2, 0.25) is 0 Å². The number of hydrogen-bond acceptors (Lipinski definition) is 5. The van der Waals surface area contributed by atoms with E-state index < -0.39 is 10.0 Å². The minimum atomic E-state index is -3.96. The Morgan fingerprint density at radius 2 is 1.93 bits per heavy atom. The van der Waals surface area contributed by atoms with Gasteiger partial charge in [0.15, 0.2) is 5.17 Å². The average molecular weight is 443 g/mol. The third-order valence-electron chi connectivity index (χ3n) is 4.42. The molecule has 156 valence electrons. The van der Waals surface area contributed by atoms with Crippen molar-refractivity contribution in [2.75, 3.05) is 13.7 Å². The number of sulfonamides is 1. The summed E-state index contributed by atoms with van der Waals surface area (Å²) in [7, 11) is -2.39. The SMILES string of the molecule is C=CCN1C(=O)/C(=C/c2cccc(OC)c2)S/C1=N\S(=O)(=O)c1ccc(CC)cc1. The van der Waals surface area contributed by atoms with Gasteiger partial charge in [0.2, 0.25) is 0 Å². The molecule has 0 aliphatic carbocycles. The number of hydrogen-bond donors (Lipinski definition) is 0. The van der Waals surface area contributed by atoms with Crippen LogP contribution in [0.3, 0.4) is 0 Å². The summed E-state index contributed by atoms with van der Waals surface area (Å²) in [5.74, 6) is 0.340. The van der Waals surface area contributed by atoms with Gasteiger partial charge < -0.3 is 4.74 Å². The molecule has 1 aliphatic heterocycles. The Bertz CT molecular complexity index is 1120. The lowest BCUT2D eigenvalue weighted by Crippen LogP contribution is -2.29. The van der Waals surface area contributed by atoms with Crippen molar-refractivity contribution in [1.82, 2.24) is 4.90 Å². The zero-order chi connectivity index (χ0) is 21.7. The van der Waals surface area contributed by atoms with Gasteiger partial charge in [-0.3, -0.25) is 9.69 Å². The summed E-state index contributed by atoms with van der Waals surface area (Å²) in [5, 5.41) is 0.105. The number of nitrogens with zero attached hydrogens (tertiary/aromatic N) is 2. The lowest BCUT2D eigenvalue weighted by molar-refractivity contribution is -0.121. The van der Waals surface area contributed by atoms with Crippen LogP contribution in [0.1, 0.15) is 18.1 Å². The third-order valence-corrected chi connectivity index (χ3v) is 6.82. The standard InChI is InChI=1S/C22H22N2O4S2/c1-4-13-24-21(25)20(15-17-7-6-8-18(14-17)28-3)29-22(24)23-30(26,27)19-11-9-16(5-2)10-12-19/h4,6-12,14-15H,1,5,13H2,2-3H3/b20-15-,23-22-. The number of carbonyl (C=O) groups is 1. The molecule has 1 aliphatic rings. The monoisotopic (exact) mass is 442 g/mol. The van der Waals surface area contributed by atoms with E-state index in [2.05, 4.69) is 11.0 Å². The quantitative estimate of drug-likeness (QED) is 0.477. The number of thioether (sulfide) groups is 1. The molecule has 8 heteroatoms. The molecule has 0 N–H and O–H groups in total.